The van der Waals surface area contributed by atoms with Crippen LogP contribution < -0.4 is 4.90 Å². The Balaban J connectivity index is 1.98. The van der Waals surface area contributed by atoms with Crippen LogP contribution in [-0.4, -0.2) is 55.7 Å². The molecule has 0 aliphatic carbocycles. The number of carbonyl (C=O) groups excluding carboxylic acids is 1. The summed E-state index contributed by atoms with van der Waals surface area (Å²) in [6, 6.07) is 0.474. The first-order valence-corrected chi connectivity index (χ1v) is 7.94. The van der Waals surface area contributed by atoms with Crippen molar-refractivity contribution in [2.75, 3.05) is 38.7 Å². The van der Waals surface area contributed by atoms with E-state index < -0.39 is 0 Å². The van der Waals surface area contributed by atoms with E-state index in [1.807, 2.05) is 0 Å². The van der Waals surface area contributed by atoms with Gasteiger partial charge in [-0.25, -0.2) is 4.98 Å². The second kappa shape index (κ2) is 7.04. The van der Waals surface area contributed by atoms with Gasteiger partial charge in [0.15, 0.2) is 5.13 Å². The molecule has 2 heterocycles. The fourth-order valence-corrected chi connectivity index (χ4v) is 3.52. The lowest BCUT2D eigenvalue weighted by atomic mass is 10.2. The molecule has 1 unspecified atom stereocenters. The number of hydrogen-bond donors (Lipinski definition) is 0. The number of esters is 1. The monoisotopic (exact) mass is 297 g/mol. The Bertz CT molecular complexity index is 449. The Labute approximate surface area is 124 Å². The minimum atomic E-state index is -0.177. The van der Waals surface area contributed by atoms with Crippen molar-refractivity contribution in [3.8, 4) is 0 Å². The summed E-state index contributed by atoms with van der Waals surface area (Å²) in [6.07, 6.45) is 2.22. The number of nitrogens with zero attached hydrogens (tertiary/aromatic N) is 3. The molecule has 20 heavy (non-hydrogen) atoms. The van der Waals surface area contributed by atoms with Crippen LogP contribution in [0, 0.1) is 0 Å². The maximum Gasteiger partial charge on any atom is 0.305 e. The second-order valence-electron chi connectivity index (χ2n) is 5.36. The molecule has 0 radical (unpaired) electrons. The fraction of sp³-hybridized carbons (Fsp3) is 0.714. The van der Waals surface area contributed by atoms with Crippen molar-refractivity contribution in [1.29, 1.82) is 0 Å². The highest BCUT2D eigenvalue weighted by Gasteiger charge is 2.22. The van der Waals surface area contributed by atoms with Crippen LogP contribution in [0.1, 0.15) is 25.5 Å². The van der Waals surface area contributed by atoms with E-state index in [0.29, 0.717) is 18.9 Å². The molecule has 1 aliphatic rings. The second-order valence-corrected chi connectivity index (χ2v) is 6.19. The molecular weight excluding hydrogens is 274 g/mol. The average molecular weight is 297 g/mol. The van der Waals surface area contributed by atoms with Gasteiger partial charge in [-0.3, -0.25) is 4.79 Å². The molecule has 1 saturated heterocycles. The third-order valence-electron chi connectivity index (χ3n) is 3.65. The van der Waals surface area contributed by atoms with E-state index >= 15 is 0 Å². The molecule has 0 N–H and O–H groups in total. The molecule has 0 spiro atoms. The number of carbonyl (C=O) groups is 1. The van der Waals surface area contributed by atoms with Crippen molar-refractivity contribution in [3.05, 3.63) is 11.1 Å². The van der Waals surface area contributed by atoms with Gasteiger partial charge < -0.3 is 14.5 Å². The smallest absolute Gasteiger partial charge is 0.305 e. The minimum Gasteiger partial charge on any atom is -0.469 e. The molecule has 0 saturated carbocycles. The number of rotatable bonds is 4. The first-order chi connectivity index (χ1) is 9.60. The molecule has 1 aromatic rings. The van der Waals surface area contributed by atoms with E-state index in [2.05, 4.69) is 38.9 Å². The zero-order chi connectivity index (χ0) is 14.5. The highest BCUT2D eigenvalue weighted by atomic mass is 32.1. The molecule has 2 rings (SSSR count). The van der Waals surface area contributed by atoms with Crippen LogP contribution in [0.3, 0.4) is 0 Å². The van der Waals surface area contributed by atoms with E-state index in [1.165, 1.54) is 7.11 Å². The van der Waals surface area contributed by atoms with Crippen molar-refractivity contribution in [1.82, 2.24) is 9.88 Å². The highest BCUT2D eigenvalue weighted by Crippen LogP contribution is 2.25. The van der Waals surface area contributed by atoms with Gasteiger partial charge in [0.05, 0.1) is 19.2 Å². The number of aryl methyl sites for hydroxylation is 1. The number of aromatic nitrogens is 1. The van der Waals surface area contributed by atoms with Crippen molar-refractivity contribution < 1.29 is 9.53 Å². The molecule has 1 aliphatic heterocycles. The number of hydrogen-bond acceptors (Lipinski definition) is 6. The van der Waals surface area contributed by atoms with Gasteiger partial charge in [0.25, 0.3) is 0 Å². The van der Waals surface area contributed by atoms with E-state index in [0.717, 1.165) is 36.9 Å². The molecule has 0 amide bonds. The van der Waals surface area contributed by atoms with Crippen LogP contribution in [0.25, 0.3) is 0 Å². The van der Waals surface area contributed by atoms with Crippen LogP contribution >= 0.6 is 11.3 Å². The van der Waals surface area contributed by atoms with Gasteiger partial charge in [-0.15, -0.1) is 11.3 Å². The molecule has 1 fully saturated rings. The minimum absolute atomic E-state index is 0.177. The standard InChI is InChI=1S/C14H23N3O2S/c1-11-9-16(2)7-4-8-17(11)14-15-12(10-20-14)5-6-13(18)19-3/h10-11H,4-9H2,1-3H3. The zero-order valence-corrected chi connectivity index (χ0v) is 13.3. The summed E-state index contributed by atoms with van der Waals surface area (Å²) in [7, 11) is 3.59. The normalized spacial score (nSPS) is 20.8. The predicted molar refractivity (Wildman–Crippen MR) is 81.4 cm³/mol. The van der Waals surface area contributed by atoms with E-state index in [9.17, 15) is 4.79 Å². The topological polar surface area (TPSA) is 45.7 Å². The molecule has 0 bridgehead atoms. The van der Waals surface area contributed by atoms with E-state index in [1.54, 1.807) is 11.3 Å². The number of ether oxygens (including phenoxy) is 1. The first-order valence-electron chi connectivity index (χ1n) is 7.06. The van der Waals surface area contributed by atoms with Gasteiger partial charge in [-0.2, -0.15) is 0 Å². The lowest BCUT2D eigenvalue weighted by molar-refractivity contribution is -0.140. The summed E-state index contributed by atoms with van der Waals surface area (Å²) in [5.74, 6) is -0.177. The Morgan fingerprint density at radius 3 is 3.10 bits per heavy atom. The summed E-state index contributed by atoms with van der Waals surface area (Å²) in [5.41, 5.74) is 0.986. The maximum atomic E-state index is 11.2. The predicted octanol–water partition coefficient (Wildman–Crippen LogP) is 1.78. The highest BCUT2D eigenvalue weighted by molar-refractivity contribution is 7.13. The van der Waals surface area contributed by atoms with Crippen LogP contribution in [0.15, 0.2) is 5.38 Å². The summed E-state index contributed by atoms with van der Waals surface area (Å²) < 4.78 is 4.66. The average Bonchev–Trinajstić information content (AvgIpc) is 2.82. The summed E-state index contributed by atoms with van der Waals surface area (Å²) in [5, 5.41) is 3.13. The third-order valence-corrected chi connectivity index (χ3v) is 4.57. The van der Waals surface area contributed by atoms with Gasteiger partial charge in [0, 0.05) is 30.9 Å². The van der Waals surface area contributed by atoms with Gasteiger partial charge in [-0.1, -0.05) is 0 Å². The molecular formula is C14H23N3O2S. The van der Waals surface area contributed by atoms with Crippen LogP contribution in [-0.2, 0) is 16.0 Å². The quantitative estimate of drug-likeness (QED) is 0.793. The summed E-state index contributed by atoms with van der Waals surface area (Å²) in [4.78, 5) is 20.6. The maximum absolute atomic E-state index is 11.2. The number of methoxy groups -OCH3 is 1. The Morgan fingerprint density at radius 2 is 2.35 bits per heavy atom. The van der Waals surface area contributed by atoms with Crippen LogP contribution in [0.2, 0.25) is 0 Å². The van der Waals surface area contributed by atoms with E-state index in [-0.39, 0.29) is 5.97 Å². The number of anilines is 1. The van der Waals surface area contributed by atoms with E-state index in [4.69, 9.17) is 0 Å². The molecule has 1 aromatic heterocycles. The van der Waals surface area contributed by atoms with Crippen molar-refractivity contribution in [3.63, 3.8) is 0 Å². The molecule has 112 valence electrons. The SMILES string of the molecule is COC(=O)CCc1csc(N2CCCN(C)CC2C)n1. The molecule has 5 nitrogen and oxygen atoms in total. The third kappa shape index (κ3) is 3.93. The van der Waals surface area contributed by atoms with Gasteiger partial charge in [-0.05, 0) is 26.9 Å². The largest absolute Gasteiger partial charge is 0.469 e. The fourth-order valence-electron chi connectivity index (χ4n) is 2.53. The Kier molecular flexibility index (Phi) is 5.37. The lowest BCUT2D eigenvalue weighted by Gasteiger charge is -2.27. The number of thiazole rings is 1. The Hall–Kier alpha value is -1.14. The molecule has 0 aromatic carbocycles. The zero-order valence-electron chi connectivity index (χ0n) is 12.5. The summed E-state index contributed by atoms with van der Waals surface area (Å²) >= 11 is 1.67. The first kappa shape index (κ1) is 15.3. The Morgan fingerprint density at radius 1 is 1.55 bits per heavy atom. The number of likely N-dealkylation sites (N-methyl/N-ethyl adjacent to an activating group) is 1. The van der Waals surface area contributed by atoms with Gasteiger partial charge >= 0.3 is 5.97 Å². The van der Waals surface area contributed by atoms with Crippen LogP contribution in [0.5, 0.6) is 0 Å². The van der Waals surface area contributed by atoms with Crippen molar-refractivity contribution >= 4 is 22.4 Å². The molecule has 1 atom stereocenters. The van der Waals surface area contributed by atoms with Crippen LogP contribution in [0.4, 0.5) is 5.13 Å². The summed E-state index contributed by atoms with van der Waals surface area (Å²) in [6.45, 7) is 5.51. The van der Waals surface area contributed by atoms with Gasteiger partial charge in [0.1, 0.15) is 0 Å². The molecule has 6 heteroatoms. The lowest BCUT2D eigenvalue weighted by Crippen LogP contribution is -2.37. The van der Waals surface area contributed by atoms with Crippen molar-refractivity contribution in [2.45, 2.75) is 32.2 Å². The van der Waals surface area contributed by atoms with Crippen molar-refractivity contribution in [2.24, 2.45) is 0 Å². The van der Waals surface area contributed by atoms with Gasteiger partial charge in [0.2, 0.25) is 0 Å².